The van der Waals surface area contributed by atoms with Crippen molar-refractivity contribution in [1.29, 1.82) is 5.41 Å². The van der Waals surface area contributed by atoms with Gasteiger partial charge in [0.1, 0.15) is 11.4 Å². The monoisotopic (exact) mass is 201 g/mol. The first-order valence-corrected chi connectivity index (χ1v) is 4.95. The van der Waals surface area contributed by atoms with Gasteiger partial charge in [0.05, 0.1) is 11.6 Å². The average molecular weight is 201 g/mol. The first-order chi connectivity index (χ1) is 7.25. The van der Waals surface area contributed by atoms with E-state index < -0.39 is 0 Å². The highest BCUT2D eigenvalue weighted by Gasteiger charge is 2.26. The van der Waals surface area contributed by atoms with E-state index in [1.165, 1.54) is 12.8 Å². The van der Waals surface area contributed by atoms with Crippen molar-refractivity contribution in [3.63, 3.8) is 0 Å². The van der Waals surface area contributed by atoms with Crippen LogP contribution in [0.4, 0.5) is 0 Å². The number of fused-ring (bicyclic) bond motifs is 1. The lowest BCUT2D eigenvalue weighted by Gasteiger charge is -1.99. The van der Waals surface area contributed by atoms with Crippen LogP contribution < -0.4 is 5.73 Å². The van der Waals surface area contributed by atoms with E-state index in [1.807, 2.05) is 22.9 Å². The summed E-state index contributed by atoms with van der Waals surface area (Å²) in [4.78, 5) is 0. The molecule has 0 aliphatic heterocycles. The van der Waals surface area contributed by atoms with Crippen molar-refractivity contribution in [2.45, 2.75) is 18.9 Å². The first-order valence-electron chi connectivity index (χ1n) is 4.95. The third-order valence-corrected chi connectivity index (χ3v) is 2.67. The van der Waals surface area contributed by atoms with Crippen LogP contribution in [-0.4, -0.2) is 20.8 Å². The fourth-order valence-electron chi connectivity index (χ4n) is 1.70. The Labute approximate surface area is 86.4 Å². The number of nitrogens with zero attached hydrogens (tertiary/aromatic N) is 3. The Morgan fingerprint density at radius 3 is 2.93 bits per heavy atom. The maximum Gasteiger partial charge on any atom is 0.122 e. The van der Waals surface area contributed by atoms with Gasteiger partial charge in [0.2, 0.25) is 0 Å². The summed E-state index contributed by atoms with van der Waals surface area (Å²) in [5, 5.41) is 15.5. The molecule has 3 rings (SSSR count). The number of nitrogens with two attached hydrogens (primary N) is 1. The smallest absolute Gasteiger partial charge is 0.122 e. The van der Waals surface area contributed by atoms with Gasteiger partial charge >= 0.3 is 0 Å². The second kappa shape index (κ2) is 2.79. The van der Waals surface area contributed by atoms with Crippen molar-refractivity contribution in [3.8, 4) is 0 Å². The van der Waals surface area contributed by atoms with E-state index in [4.69, 9.17) is 11.1 Å². The Bertz CT molecular complexity index is 538. The zero-order valence-electron chi connectivity index (χ0n) is 8.14. The maximum absolute atomic E-state index is 7.34. The second-order valence-corrected chi connectivity index (χ2v) is 3.88. The molecule has 1 aromatic heterocycles. The highest BCUT2D eigenvalue weighted by Crippen LogP contribution is 2.36. The second-order valence-electron chi connectivity index (χ2n) is 3.88. The molecular weight excluding hydrogens is 190 g/mol. The van der Waals surface area contributed by atoms with Crippen molar-refractivity contribution in [2.75, 3.05) is 0 Å². The number of benzene rings is 1. The highest BCUT2D eigenvalue weighted by molar-refractivity contribution is 5.97. The van der Waals surface area contributed by atoms with Crippen LogP contribution in [0.25, 0.3) is 11.0 Å². The molecule has 1 fully saturated rings. The minimum absolute atomic E-state index is 0.0675. The third-order valence-electron chi connectivity index (χ3n) is 2.67. The van der Waals surface area contributed by atoms with Crippen molar-refractivity contribution in [3.05, 3.63) is 23.8 Å². The van der Waals surface area contributed by atoms with Crippen LogP contribution in [0.3, 0.4) is 0 Å². The SMILES string of the molecule is N=C(N)c1ccc2c(c1)nnn2C1CC1. The predicted octanol–water partition coefficient (Wildman–Crippen LogP) is 1.05. The van der Waals surface area contributed by atoms with Crippen LogP contribution in [-0.2, 0) is 0 Å². The van der Waals surface area contributed by atoms with Crippen molar-refractivity contribution in [2.24, 2.45) is 5.73 Å². The molecule has 3 N–H and O–H groups in total. The molecule has 0 atom stereocenters. The molecule has 15 heavy (non-hydrogen) atoms. The van der Waals surface area contributed by atoms with Crippen LogP contribution in [0.15, 0.2) is 18.2 Å². The number of rotatable bonds is 2. The van der Waals surface area contributed by atoms with E-state index in [9.17, 15) is 0 Å². The Morgan fingerprint density at radius 1 is 1.47 bits per heavy atom. The molecule has 1 aliphatic carbocycles. The van der Waals surface area contributed by atoms with Crippen molar-refractivity contribution >= 4 is 16.9 Å². The summed E-state index contributed by atoms with van der Waals surface area (Å²) in [6, 6.07) is 6.11. The summed E-state index contributed by atoms with van der Waals surface area (Å²) < 4.78 is 1.96. The minimum Gasteiger partial charge on any atom is -0.384 e. The van der Waals surface area contributed by atoms with Crippen LogP contribution >= 0.6 is 0 Å². The van der Waals surface area contributed by atoms with Crippen molar-refractivity contribution in [1.82, 2.24) is 15.0 Å². The molecule has 1 heterocycles. The summed E-state index contributed by atoms with van der Waals surface area (Å²) >= 11 is 0. The topological polar surface area (TPSA) is 80.6 Å². The molecule has 1 aliphatic rings. The molecule has 2 aromatic rings. The molecule has 76 valence electrons. The Balaban J connectivity index is 2.17. The summed E-state index contributed by atoms with van der Waals surface area (Å²) in [6.45, 7) is 0. The molecular formula is C10H11N5. The van der Waals surface area contributed by atoms with Gasteiger partial charge in [0.15, 0.2) is 0 Å². The zero-order chi connectivity index (χ0) is 10.4. The van der Waals surface area contributed by atoms with Gasteiger partial charge in [0.25, 0.3) is 0 Å². The van der Waals surface area contributed by atoms with E-state index in [1.54, 1.807) is 0 Å². The molecule has 5 heteroatoms. The Kier molecular flexibility index (Phi) is 1.56. The third kappa shape index (κ3) is 1.27. The van der Waals surface area contributed by atoms with E-state index in [0.717, 1.165) is 11.0 Å². The zero-order valence-corrected chi connectivity index (χ0v) is 8.14. The number of nitrogens with one attached hydrogen (secondary N) is 1. The van der Waals surface area contributed by atoms with Gasteiger partial charge in [0, 0.05) is 5.56 Å². The molecule has 0 spiro atoms. The van der Waals surface area contributed by atoms with Crippen LogP contribution in [0.1, 0.15) is 24.4 Å². The van der Waals surface area contributed by atoms with Crippen LogP contribution in [0.2, 0.25) is 0 Å². The van der Waals surface area contributed by atoms with Gasteiger partial charge in [-0.3, -0.25) is 5.41 Å². The largest absolute Gasteiger partial charge is 0.384 e. The van der Waals surface area contributed by atoms with Gasteiger partial charge in [-0.2, -0.15) is 0 Å². The van der Waals surface area contributed by atoms with Crippen LogP contribution in [0, 0.1) is 5.41 Å². The van der Waals surface area contributed by atoms with E-state index in [0.29, 0.717) is 11.6 Å². The number of aromatic nitrogens is 3. The number of nitrogen functional groups attached to an aromatic ring is 1. The molecule has 1 saturated carbocycles. The number of hydrogen-bond acceptors (Lipinski definition) is 3. The molecule has 5 nitrogen and oxygen atoms in total. The molecule has 0 bridgehead atoms. The number of hydrogen-bond donors (Lipinski definition) is 2. The standard InChI is InChI=1S/C10H11N5/c11-10(12)6-1-4-9-8(5-6)13-14-15(9)7-2-3-7/h1,4-5,7H,2-3H2,(H3,11,12). The Hall–Kier alpha value is -1.91. The summed E-state index contributed by atoms with van der Waals surface area (Å²) in [6.07, 6.45) is 2.37. The van der Waals surface area contributed by atoms with Crippen molar-refractivity contribution < 1.29 is 0 Å². The summed E-state index contributed by atoms with van der Waals surface area (Å²) in [5.41, 5.74) is 7.96. The van der Waals surface area contributed by atoms with Gasteiger partial charge in [-0.15, -0.1) is 5.10 Å². The first kappa shape index (κ1) is 8.40. The lowest BCUT2D eigenvalue weighted by molar-refractivity contribution is 0.630. The predicted molar refractivity (Wildman–Crippen MR) is 56.8 cm³/mol. The summed E-state index contributed by atoms with van der Waals surface area (Å²) in [7, 11) is 0. The fourth-order valence-corrected chi connectivity index (χ4v) is 1.70. The lowest BCUT2D eigenvalue weighted by atomic mass is 10.2. The molecule has 0 unspecified atom stereocenters. The molecule has 0 radical (unpaired) electrons. The molecule has 0 saturated heterocycles. The average Bonchev–Trinajstić information content (AvgIpc) is 2.98. The van der Waals surface area contributed by atoms with Gasteiger partial charge in [-0.25, -0.2) is 4.68 Å². The fraction of sp³-hybridized carbons (Fsp3) is 0.300. The quantitative estimate of drug-likeness (QED) is 0.563. The van der Waals surface area contributed by atoms with Gasteiger partial charge in [-0.05, 0) is 31.0 Å². The van der Waals surface area contributed by atoms with Gasteiger partial charge in [-0.1, -0.05) is 5.21 Å². The lowest BCUT2D eigenvalue weighted by Crippen LogP contribution is -2.10. The van der Waals surface area contributed by atoms with Gasteiger partial charge < -0.3 is 5.73 Å². The molecule has 0 amide bonds. The van der Waals surface area contributed by atoms with E-state index in [2.05, 4.69) is 10.3 Å². The maximum atomic E-state index is 7.34. The molecule has 1 aromatic carbocycles. The normalized spacial score (nSPS) is 15.7. The summed E-state index contributed by atoms with van der Waals surface area (Å²) in [5.74, 6) is 0.0675. The highest BCUT2D eigenvalue weighted by atomic mass is 15.4. The van der Waals surface area contributed by atoms with E-state index >= 15 is 0 Å². The Morgan fingerprint density at radius 2 is 2.27 bits per heavy atom. The van der Waals surface area contributed by atoms with E-state index in [-0.39, 0.29) is 5.84 Å². The van der Waals surface area contributed by atoms with Crippen LogP contribution in [0.5, 0.6) is 0 Å². The minimum atomic E-state index is 0.0675. The number of amidine groups is 1.